The number of benzene rings is 2. The van der Waals surface area contributed by atoms with Gasteiger partial charge in [-0.25, -0.2) is 4.98 Å². The second-order valence-electron chi connectivity index (χ2n) is 6.49. The van der Waals surface area contributed by atoms with E-state index in [0.29, 0.717) is 28.4 Å². The van der Waals surface area contributed by atoms with E-state index in [1.807, 2.05) is 60.7 Å². The molecule has 0 bridgehead atoms. The summed E-state index contributed by atoms with van der Waals surface area (Å²) < 4.78 is 10.8. The summed E-state index contributed by atoms with van der Waals surface area (Å²) in [7, 11) is 3.20. The Morgan fingerprint density at radius 3 is 2.45 bits per heavy atom. The van der Waals surface area contributed by atoms with Gasteiger partial charge in [0.1, 0.15) is 17.1 Å². The lowest BCUT2D eigenvalue weighted by Crippen LogP contribution is -2.14. The molecule has 0 unspecified atom stereocenters. The van der Waals surface area contributed by atoms with Crippen molar-refractivity contribution in [2.75, 3.05) is 19.5 Å². The second kappa shape index (κ2) is 8.06. The van der Waals surface area contributed by atoms with E-state index >= 15 is 0 Å². The number of aromatic nitrogens is 2. The van der Waals surface area contributed by atoms with Crippen molar-refractivity contribution < 1.29 is 14.6 Å². The van der Waals surface area contributed by atoms with Crippen molar-refractivity contribution >= 4 is 16.7 Å². The van der Waals surface area contributed by atoms with Crippen LogP contribution in [0.1, 0.15) is 17.2 Å². The molecule has 6 nitrogen and oxygen atoms in total. The number of phenolic OH excluding ortho intramolecular Hbond substituents is 1. The molecule has 146 valence electrons. The van der Waals surface area contributed by atoms with Crippen molar-refractivity contribution in [3.05, 3.63) is 84.2 Å². The number of fused-ring (bicyclic) bond motifs is 1. The average Bonchev–Trinajstić information content (AvgIpc) is 2.78. The van der Waals surface area contributed by atoms with Crippen LogP contribution >= 0.6 is 0 Å². The number of aromatic hydroxyl groups is 1. The maximum absolute atomic E-state index is 11.0. The summed E-state index contributed by atoms with van der Waals surface area (Å²) in [6, 6.07) is 18.5. The Labute approximate surface area is 168 Å². The third-order valence-corrected chi connectivity index (χ3v) is 4.79. The zero-order valence-corrected chi connectivity index (χ0v) is 16.2. The third-order valence-electron chi connectivity index (χ3n) is 4.79. The summed E-state index contributed by atoms with van der Waals surface area (Å²) in [5.74, 6) is 2.06. The maximum Gasteiger partial charge on any atom is 0.161 e. The smallest absolute Gasteiger partial charge is 0.161 e. The summed E-state index contributed by atoms with van der Waals surface area (Å²) in [4.78, 5) is 8.72. The fourth-order valence-corrected chi connectivity index (χ4v) is 3.35. The monoisotopic (exact) mass is 387 g/mol. The fourth-order valence-electron chi connectivity index (χ4n) is 3.35. The molecule has 4 aromatic rings. The van der Waals surface area contributed by atoms with Crippen LogP contribution in [0.15, 0.2) is 73.1 Å². The highest BCUT2D eigenvalue weighted by atomic mass is 16.5. The van der Waals surface area contributed by atoms with Crippen LogP contribution in [0.2, 0.25) is 0 Å². The number of phenols is 1. The van der Waals surface area contributed by atoms with Gasteiger partial charge in [-0.1, -0.05) is 30.3 Å². The SMILES string of the molecule is COc1ccc([C@@H](Nc2ccccn2)c2ccc3cccnc3c2O)cc1OC. The Bertz CT molecular complexity index is 1130. The molecule has 0 amide bonds. The van der Waals surface area contributed by atoms with Gasteiger partial charge in [0.05, 0.1) is 20.3 Å². The van der Waals surface area contributed by atoms with Gasteiger partial charge in [0.2, 0.25) is 0 Å². The molecule has 2 aromatic carbocycles. The summed E-state index contributed by atoms with van der Waals surface area (Å²) in [6.45, 7) is 0. The highest BCUT2D eigenvalue weighted by Gasteiger charge is 2.22. The van der Waals surface area contributed by atoms with Crippen LogP contribution < -0.4 is 14.8 Å². The molecule has 2 aromatic heterocycles. The quantitative estimate of drug-likeness (QED) is 0.505. The number of pyridine rings is 2. The molecular formula is C23H21N3O3. The largest absolute Gasteiger partial charge is 0.505 e. The van der Waals surface area contributed by atoms with Crippen LogP contribution in [0.3, 0.4) is 0 Å². The lowest BCUT2D eigenvalue weighted by atomic mass is 9.95. The number of anilines is 1. The molecule has 0 aliphatic carbocycles. The molecule has 0 aliphatic rings. The van der Waals surface area contributed by atoms with Crippen LogP contribution in [0.5, 0.6) is 17.2 Å². The molecule has 0 radical (unpaired) electrons. The Balaban J connectivity index is 1.86. The summed E-state index contributed by atoms with van der Waals surface area (Å²) in [5.41, 5.74) is 2.13. The molecule has 4 rings (SSSR count). The van der Waals surface area contributed by atoms with Crippen molar-refractivity contribution in [2.24, 2.45) is 0 Å². The van der Waals surface area contributed by atoms with Crippen LogP contribution in [0, 0.1) is 0 Å². The molecule has 0 saturated carbocycles. The van der Waals surface area contributed by atoms with Crippen LogP contribution in [0.4, 0.5) is 5.82 Å². The van der Waals surface area contributed by atoms with Gasteiger partial charge in [-0.15, -0.1) is 0 Å². The van der Waals surface area contributed by atoms with Gasteiger partial charge < -0.3 is 19.9 Å². The Morgan fingerprint density at radius 2 is 1.69 bits per heavy atom. The minimum Gasteiger partial charge on any atom is -0.505 e. The first kappa shape index (κ1) is 18.6. The number of nitrogens with zero attached hydrogens (tertiary/aromatic N) is 2. The first-order chi connectivity index (χ1) is 14.2. The van der Waals surface area contributed by atoms with Crippen LogP contribution in [-0.2, 0) is 0 Å². The van der Waals surface area contributed by atoms with Crippen LogP contribution in [0.25, 0.3) is 10.9 Å². The topological polar surface area (TPSA) is 76.5 Å². The van der Waals surface area contributed by atoms with Crippen molar-refractivity contribution in [1.82, 2.24) is 9.97 Å². The van der Waals surface area contributed by atoms with E-state index in [9.17, 15) is 5.11 Å². The first-order valence-electron chi connectivity index (χ1n) is 9.17. The molecule has 6 heteroatoms. The van der Waals surface area contributed by atoms with Gasteiger partial charge in [0, 0.05) is 23.3 Å². The van der Waals surface area contributed by atoms with Crippen LogP contribution in [-0.4, -0.2) is 29.3 Å². The molecule has 0 fully saturated rings. The standard InChI is InChI=1S/C23H21N3O3/c1-28-18-11-9-16(14-19(18)29-2)21(26-20-7-3-4-12-24-20)17-10-8-15-6-5-13-25-22(15)23(17)27/h3-14,21,27H,1-2H3,(H,24,26)/t21-/m1/s1. The van der Waals surface area contributed by atoms with E-state index in [1.54, 1.807) is 26.6 Å². The van der Waals surface area contributed by atoms with E-state index in [4.69, 9.17) is 9.47 Å². The lowest BCUT2D eigenvalue weighted by Gasteiger charge is -2.23. The molecular weight excluding hydrogens is 366 g/mol. The minimum atomic E-state index is -0.379. The zero-order valence-electron chi connectivity index (χ0n) is 16.2. The van der Waals surface area contributed by atoms with E-state index in [-0.39, 0.29) is 11.8 Å². The number of nitrogens with one attached hydrogen (secondary N) is 1. The Morgan fingerprint density at radius 1 is 0.862 bits per heavy atom. The van der Waals surface area contributed by atoms with E-state index in [0.717, 1.165) is 10.9 Å². The van der Waals surface area contributed by atoms with Gasteiger partial charge in [0.15, 0.2) is 11.5 Å². The van der Waals surface area contributed by atoms with Crippen molar-refractivity contribution in [2.45, 2.75) is 6.04 Å². The number of rotatable bonds is 6. The predicted molar refractivity (Wildman–Crippen MR) is 113 cm³/mol. The van der Waals surface area contributed by atoms with Gasteiger partial charge >= 0.3 is 0 Å². The molecule has 29 heavy (non-hydrogen) atoms. The predicted octanol–water partition coefficient (Wildman–Crippen LogP) is 4.55. The molecule has 0 spiro atoms. The zero-order chi connectivity index (χ0) is 20.2. The van der Waals surface area contributed by atoms with E-state index in [2.05, 4.69) is 15.3 Å². The van der Waals surface area contributed by atoms with Gasteiger partial charge in [0.25, 0.3) is 0 Å². The highest BCUT2D eigenvalue weighted by Crippen LogP contribution is 2.38. The Hall–Kier alpha value is -3.80. The van der Waals surface area contributed by atoms with Gasteiger partial charge in [-0.05, 0) is 35.9 Å². The normalized spacial score (nSPS) is 11.8. The minimum absolute atomic E-state index is 0.131. The second-order valence-corrected chi connectivity index (χ2v) is 6.49. The lowest BCUT2D eigenvalue weighted by molar-refractivity contribution is 0.354. The maximum atomic E-state index is 11.0. The van der Waals surface area contributed by atoms with Crippen molar-refractivity contribution in [1.29, 1.82) is 0 Å². The fraction of sp³-hybridized carbons (Fsp3) is 0.130. The highest BCUT2D eigenvalue weighted by molar-refractivity contribution is 5.86. The van der Waals surface area contributed by atoms with Crippen molar-refractivity contribution in [3.63, 3.8) is 0 Å². The number of methoxy groups -OCH3 is 2. The average molecular weight is 387 g/mol. The molecule has 0 aliphatic heterocycles. The molecule has 1 atom stereocenters. The number of hydrogen-bond acceptors (Lipinski definition) is 6. The van der Waals surface area contributed by atoms with Gasteiger partial charge in [-0.2, -0.15) is 0 Å². The number of ether oxygens (including phenoxy) is 2. The molecule has 2 N–H and O–H groups in total. The van der Waals surface area contributed by atoms with E-state index < -0.39 is 0 Å². The molecule has 0 saturated heterocycles. The summed E-state index contributed by atoms with van der Waals surface area (Å²) in [5, 5.41) is 15.3. The van der Waals surface area contributed by atoms with E-state index in [1.165, 1.54) is 0 Å². The summed E-state index contributed by atoms with van der Waals surface area (Å²) in [6.07, 6.45) is 3.39. The first-order valence-corrected chi connectivity index (χ1v) is 9.17. The van der Waals surface area contributed by atoms with Crippen molar-refractivity contribution in [3.8, 4) is 17.2 Å². The number of hydrogen-bond donors (Lipinski definition) is 2. The van der Waals surface area contributed by atoms with Gasteiger partial charge in [-0.3, -0.25) is 4.98 Å². The molecule has 2 heterocycles. The Kier molecular flexibility index (Phi) is 5.16. The summed E-state index contributed by atoms with van der Waals surface area (Å²) >= 11 is 0. The third kappa shape index (κ3) is 3.65.